The maximum Gasteiger partial charge on any atom is 1.00 e. The van der Waals surface area contributed by atoms with Crippen LogP contribution in [0.4, 0.5) is 0 Å². The van der Waals surface area contributed by atoms with E-state index in [2.05, 4.69) is 12.6 Å². The van der Waals surface area contributed by atoms with Crippen molar-refractivity contribution in [3.63, 3.8) is 0 Å². The Kier molecular flexibility index (Phi) is 18.5. The third-order valence-electron chi connectivity index (χ3n) is 0.774. The molecule has 0 amide bonds. The second-order valence-corrected chi connectivity index (χ2v) is 2.66. The molecule has 1 aromatic carbocycles. The van der Waals surface area contributed by atoms with Crippen molar-refractivity contribution in [1.29, 1.82) is 0 Å². The number of rotatable bonds is 0. The summed E-state index contributed by atoms with van der Waals surface area (Å²) in [6, 6.07) is 9.96. The van der Waals surface area contributed by atoms with Gasteiger partial charge in [0.05, 0.1) is 0 Å². The second-order valence-electron chi connectivity index (χ2n) is 1.60. The summed E-state index contributed by atoms with van der Waals surface area (Å²) in [7, 11) is -3.12. The Balaban J connectivity index is -0.000000150. The minimum absolute atomic E-state index is 0. The van der Waals surface area contributed by atoms with E-state index in [1.165, 1.54) is 0 Å². The van der Waals surface area contributed by atoms with Crippen LogP contribution in [0.3, 0.4) is 0 Å². The Morgan fingerprint density at radius 3 is 1.77 bits per heavy atom. The molecule has 0 fully saturated rings. The van der Waals surface area contributed by atoms with E-state index >= 15 is 0 Å². The fourth-order valence-corrected chi connectivity index (χ4v) is 0.631. The SMILES string of the molecule is O=[P+]([O-])O.[Na+].[OH-].[SH2+]c1ccccc1. The van der Waals surface area contributed by atoms with Gasteiger partial charge in [-0.1, -0.05) is 18.2 Å². The predicted octanol–water partition coefficient (Wildman–Crippen LogP) is -3.12. The summed E-state index contributed by atoms with van der Waals surface area (Å²) in [5.41, 5.74) is 0. The van der Waals surface area contributed by atoms with Gasteiger partial charge in [0.2, 0.25) is 0 Å². The molecule has 0 bridgehead atoms. The van der Waals surface area contributed by atoms with E-state index in [9.17, 15) is 0 Å². The van der Waals surface area contributed by atoms with Gasteiger partial charge in [0.25, 0.3) is 0 Å². The summed E-state index contributed by atoms with van der Waals surface area (Å²) in [6.45, 7) is 0. The van der Waals surface area contributed by atoms with Gasteiger partial charge >= 0.3 is 37.8 Å². The molecular weight excluding hydrogens is 222 g/mol. The number of hydrogen-bond donors (Lipinski definition) is 1. The van der Waals surface area contributed by atoms with E-state index in [-0.39, 0.29) is 35.0 Å². The molecule has 13 heavy (non-hydrogen) atoms. The van der Waals surface area contributed by atoms with Crippen LogP contribution in [0.5, 0.6) is 0 Å². The van der Waals surface area contributed by atoms with Crippen LogP contribution < -0.4 is 34.5 Å². The molecule has 4 nitrogen and oxygen atoms in total. The van der Waals surface area contributed by atoms with Crippen molar-refractivity contribution < 1.29 is 49.4 Å². The Bertz CT molecular complexity index is 217. The van der Waals surface area contributed by atoms with Gasteiger partial charge < -0.3 is 10.4 Å². The quantitative estimate of drug-likeness (QED) is 0.290. The van der Waals surface area contributed by atoms with Gasteiger partial charge in [-0.3, -0.25) is 0 Å². The molecule has 0 heterocycles. The average Bonchev–Trinajstić information content (AvgIpc) is 1.87. The van der Waals surface area contributed by atoms with Gasteiger partial charge in [-0.15, -0.1) is 0 Å². The van der Waals surface area contributed by atoms with Crippen LogP contribution in [0.2, 0.25) is 0 Å². The molecule has 0 radical (unpaired) electrons. The summed E-state index contributed by atoms with van der Waals surface area (Å²) in [4.78, 5) is 16.7. The van der Waals surface area contributed by atoms with Crippen molar-refractivity contribution in [2.45, 2.75) is 4.90 Å². The van der Waals surface area contributed by atoms with Gasteiger partial charge in [-0.2, -0.15) is 4.89 Å². The van der Waals surface area contributed by atoms with E-state index in [1.54, 1.807) is 0 Å². The smallest absolute Gasteiger partial charge is 0.870 e. The van der Waals surface area contributed by atoms with Crippen LogP contribution >= 0.6 is 8.25 Å². The Hall–Kier alpha value is 0.550. The van der Waals surface area contributed by atoms with Crippen LogP contribution in [-0.4, -0.2) is 10.4 Å². The molecule has 7 heteroatoms. The topological polar surface area (TPSA) is 90.4 Å². The molecule has 0 aliphatic heterocycles. The summed E-state index contributed by atoms with van der Waals surface area (Å²) in [5.74, 6) is 0. The zero-order valence-electron chi connectivity index (χ0n) is 7.04. The summed E-state index contributed by atoms with van der Waals surface area (Å²) >= 11 is 3.36. The molecule has 0 spiro atoms. The molecule has 0 aromatic heterocycles. The summed E-state index contributed by atoms with van der Waals surface area (Å²) < 4.78 is 8.59. The first-order valence-corrected chi connectivity index (χ1v) is 4.36. The maximum atomic E-state index is 8.59. The predicted molar refractivity (Wildman–Crippen MR) is 46.6 cm³/mol. The molecule has 68 valence electrons. The molecule has 2 N–H and O–H groups in total. The van der Waals surface area contributed by atoms with Gasteiger partial charge in [0, 0.05) is 0 Å². The summed E-state index contributed by atoms with van der Waals surface area (Å²) in [5, 5.41) is 0. The Labute approximate surface area is 105 Å². The standard InChI is InChI=1S/C6H6S.Na.HO3P.H2O/c7-6-4-2-1-3-5-6;;1-4(2)3;/h1-5,7H;;(H,1,2,3);1H2/q;+1;;. The number of benzene rings is 1. The number of hydrogen-bond acceptors (Lipinski definition) is 3. The molecule has 0 aliphatic carbocycles. The van der Waals surface area contributed by atoms with Crippen LogP contribution in [0.15, 0.2) is 35.2 Å². The van der Waals surface area contributed by atoms with Crippen LogP contribution in [0, 0.1) is 0 Å². The monoisotopic (exact) mass is 231 g/mol. The first-order chi connectivity index (χ1) is 5.13. The average molecular weight is 231 g/mol. The van der Waals surface area contributed by atoms with Crippen molar-refractivity contribution >= 4 is 20.9 Å². The van der Waals surface area contributed by atoms with E-state index < -0.39 is 8.25 Å². The van der Waals surface area contributed by atoms with Gasteiger partial charge in [-0.05, 0) is 29.3 Å². The molecule has 0 aliphatic rings. The van der Waals surface area contributed by atoms with Gasteiger partial charge in [0.15, 0.2) is 0 Å². The first-order valence-electron chi connectivity index (χ1n) is 2.73. The van der Waals surface area contributed by atoms with Crippen molar-refractivity contribution in [2.24, 2.45) is 0 Å². The molecular formula is C6H9NaO4PS+. The first kappa shape index (κ1) is 19.2. The van der Waals surface area contributed by atoms with Crippen molar-refractivity contribution in [2.75, 3.05) is 0 Å². The maximum absolute atomic E-state index is 8.59. The molecule has 0 saturated heterocycles. The molecule has 1 unspecified atom stereocenters. The van der Waals surface area contributed by atoms with E-state index in [4.69, 9.17) is 14.4 Å². The third kappa shape index (κ3) is 19.1. The fourth-order valence-electron chi connectivity index (χ4n) is 0.438. The Morgan fingerprint density at radius 1 is 1.31 bits per heavy atom. The normalized spacial score (nSPS) is 8.08. The van der Waals surface area contributed by atoms with E-state index in [0.717, 1.165) is 4.90 Å². The molecule has 1 rings (SSSR count). The van der Waals surface area contributed by atoms with E-state index in [0.29, 0.717) is 0 Å². The van der Waals surface area contributed by atoms with Crippen molar-refractivity contribution in [3.8, 4) is 0 Å². The molecule has 1 aromatic rings. The van der Waals surface area contributed by atoms with Crippen LogP contribution in [0.1, 0.15) is 0 Å². The summed E-state index contributed by atoms with van der Waals surface area (Å²) in [6.07, 6.45) is 0. The minimum atomic E-state index is -3.12. The van der Waals surface area contributed by atoms with Crippen LogP contribution in [-0.2, 0) is 17.2 Å². The van der Waals surface area contributed by atoms with Gasteiger partial charge in [0.1, 0.15) is 4.90 Å². The van der Waals surface area contributed by atoms with Crippen LogP contribution in [0.25, 0.3) is 0 Å². The minimum Gasteiger partial charge on any atom is -0.870 e. The van der Waals surface area contributed by atoms with Crippen molar-refractivity contribution in [1.82, 2.24) is 0 Å². The molecule has 0 saturated carbocycles. The largest absolute Gasteiger partial charge is 1.00 e. The second kappa shape index (κ2) is 12.6. The van der Waals surface area contributed by atoms with Crippen molar-refractivity contribution in [3.05, 3.63) is 30.3 Å². The zero-order chi connectivity index (χ0) is 8.69. The van der Waals surface area contributed by atoms with Gasteiger partial charge in [-0.25, -0.2) is 0 Å². The fraction of sp³-hybridized carbons (Fsp3) is 0. The zero-order valence-corrected chi connectivity index (χ0v) is 10.9. The third-order valence-corrected chi connectivity index (χ3v) is 1.11. The molecule has 1 atom stereocenters. The van der Waals surface area contributed by atoms with E-state index in [1.807, 2.05) is 30.3 Å². The Morgan fingerprint density at radius 2 is 1.62 bits per heavy atom.